The number of hydrogen-bond acceptors (Lipinski definition) is 5. The van der Waals surface area contributed by atoms with Crippen LogP contribution in [-0.2, 0) is 11.2 Å². The second-order valence-corrected chi connectivity index (χ2v) is 7.10. The van der Waals surface area contributed by atoms with E-state index in [1.807, 2.05) is 61.5 Å². The van der Waals surface area contributed by atoms with Gasteiger partial charge >= 0.3 is 0 Å². The summed E-state index contributed by atoms with van der Waals surface area (Å²) in [5.74, 6) is 2.28. The van der Waals surface area contributed by atoms with Crippen LogP contribution >= 0.6 is 0 Å². The zero-order valence-electron chi connectivity index (χ0n) is 15.6. The highest BCUT2D eigenvalue weighted by Crippen LogP contribution is 2.34. The molecule has 5 heteroatoms. The highest BCUT2D eigenvalue weighted by atomic mass is 16.7. The molecule has 0 atom stereocenters. The van der Waals surface area contributed by atoms with Crippen molar-refractivity contribution in [2.75, 3.05) is 25.8 Å². The van der Waals surface area contributed by atoms with E-state index in [4.69, 9.17) is 14.2 Å². The number of nitrogens with zero attached hydrogens (tertiary/aromatic N) is 1. The number of carbonyl (C=O) groups is 1. The molecule has 5 nitrogen and oxygen atoms in total. The van der Waals surface area contributed by atoms with Gasteiger partial charge in [-0.3, -0.25) is 4.79 Å². The van der Waals surface area contributed by atoms with Crippen molar-refractivity contribution in [2.45, 2.75) is 25.4 Å². The molecular formula is C22H23NO4. The standard InChI is InChI=1S/C22H23NO4/c1-23(2)17-6-4-16(21(13-17)27-19-8-9-19)5-7-18(24)11-15-3-10-20-22(12-15)26-14-25-20/h3-7,10,12-13,19H,8-9,11,14H2,1-2H3/b7-5+. The van der Waals surface area contributed by atoms with Crippen LogP contribution in [0, 0.1) is 0 Å². The Hall–Kier alpha value is -2.95. The molecule has 0 bridgehead atoms. The molecule has 1 saturated carbocycles. The zero-order chi connectivity index (χ0) is 18.8. The van der Waals surface area contributed by atoms with E-state index in [1.54, 1.807) is 6.08 Å². The van der Waals surface area contributed by atoms with E-state index in [9.17, 15) is 4.79 Å². The topological polar surface area (TPSA) is 48.0 Å². The average molecular weight is 365 g/mol. The van der Waals surface area contributed by atoms with Crippen LogP contribution in [0.3, 0.4) is 0 Å². The number of fused-ring (bicyclic) bond motifs is 1. The molecule has 4 rings (SSSR count). The lowest BCUT2D eigenvalue weighted by atomic mass is 10.1. The number of anilines is 1. The number of carbonyl (C=O) groups excluding carboxylic acids is 1. The summed E-state index contributed by atoms with van der Waals surface area (Å²) in [7, 11) is 4.00. The van der Waals surface area contributed by atoms with Crippen molar-refractivity contribution in [1.82, 2.24) is 0 Å². The maximum atomic E-state index is 12.4. The van der Waals surface area contributed by atoms with Crippen molar-refractivity contribution in [3.8, 4) is 17.2 Å². The van der Waals surface area contributed by atoms with Crippen LogP contribution < -0.4 is 19.1 Å². The van der Waals surface area contributed by atoms with Crippen molar-refractivity contribution < 1.29 is 19.0 Å². The Kier molecular flexibility index (Phi) is 4.75. The molecule has 1 aliphatic carbocycles. The smallest absolute Gasteiger partial charge is 0.231 e. The molecular weight excluding hydrogens is 342 g/mol. The lowest BCUT2D eigenvalue weighted by molar-refractivity contribution is -0.113. The Balaban J connectivity index is 1.47. The maximum Gasteiger partial charge on any atom is 0.231 e. The van der Waals surface area contributed by atoms with E-state index >= 15 is 0 Å². The highest BCUT2D eigenvalue weighted by Gasteiger charge is 2.24. The van der Waals surface area contributed by atoms with Gasteiger partial charge in [0.25, 0.3) is 0 Å². The van der Waals surface area contributed by atoms with E-state index in [2.05, 4.69) is 0 Å². The quantitative estimate of drug-likeness (QED) is 0.698. The molecule has 2 aromatic rings. The molecule has 0 saturated heterocycles. The van der Waals surface area contributed by atoms with E-state index in [-0.39, 0.29) is 12.6 Å². The van der Waals surface area contributed by atoms with Gasteiger partial charge in [-0.1, -0.05) is 6.07 Å². The van der Waals surface area contributed by atoms with Crippen LogP contribution in [0.25, 0.3) is 6.08 Å². The van der Waals surface area contributed by atoms with Gasteiger partial charge in [-0.2, -0.15) is 0 Å². The number of benzene rings is 2. The Morgan fingerprint density at radius 2 is 1.96 bits per heavy atom. The number of ketones is 1. The van der Waals surface area contributed by atoms with Gasteiger partial charge in [0, 0.05) is 37.8 Å². The first-order valence-electron chi connectivity index (χ1n) is 9.16. The van der Waals surface area contributed by atoms with Crippen LogP contribution in [0.5, 0.6) is 17.2 Å². The van der Waals surface area contributed by atoms with Crippen molar-refractivity contribution in [2.24, 2.45) is 0 Å². The number of rotatable bonds is 7. The molecule has 0 aromatic heterocycles. The predicted molar refractivity (Wildman–Crippen MR) is 105 cm³/mol. The summed E-state index contributed by atoms with van der Waals surface area (Å²) < 4.78 is 16.7. The molecule has 0 radical (unpaired) electrons. The minimum Gasteiger partial charge on any atom is -0.490 e. The minimum atomic E-state index is 0.0305. The third kappa shape index (κ3) is 4.25. The van der Waals surface area contributed by atoms with E-state index in [0.29, 0.717) is 18.3 Å². The van der Waals surface area contributed by atoms with Gasteiger partial charge < -0.3 is 19.1 Å². The summed E-state index contributed by atoms with van der Waals surface area (Å²) in [5.41, 5.74) is 2.91. The highest BCUT2D eigenvalue weighted by molar-refractivity contribution is 5.95. The molecule has 0 amide bonds. The molecule has 1 aliphatic heterocycles. The summed E-state index contributed by atoms with van der Waals surface area (Å²) >= 11 is 0. The van der Waals surface area contributed by atoms with Gasteiger partial charge in [0.2, 0.25) is 6.79 Å². The lowest BCUT2D eigenvalue weighted by Crippen LogP contribution is -2.09. The predicted octanol–water partition coefficient (Wildman–Crippen LogP) is 3.85. The third-order valence-electron chi connectivity index (χ3n) is 4.60. The van der Waals surface area contributed by atoms with Gasteiger partial charge in [0.15, 0.2) is 17.3 Å². The van der Waals surface area contributed by atoms with Crippen molar-refractivity contribution in [3.63, 3.8) is 0 Å². The Bertz CT molecular complexity index is 884. The fraction of sp³-hybridized carbons (Fsp3) is 0.318. The fourth-order valence-corrected chi connectivity index (χ4v) is 2.90. The Morgan fingerprint density at radius 1 is 1.15 bits per heavy atom. The SMILES string of the molecule is CN(C)c1ccc(/C=C/C(=O)Cc2ccc3c(c2)OCO3)c(OC2CC2)c1. The minimum absolute atomic E-state index is 0.0305. The molecule has 2 aromatic carbocycles. The van der Waals surface area contributed by atoms with Gasteiger partial charge in [-0.15, -0.1) is 0 Å². The van der Waals surface area contributed by atoms with Crippen LogP contribution in [0.2, 0.25) is 0 Å². The summed E-state index contributed by atoms with van der Waals surface area (Å²) in [4.78, 5) is 14.4. The maximum absolute atomic E-state index is 12.4. The largest absolute Gasteiger partial charge is 0.490 e. The van der Waals surface area contributed by atoms with Crippen molar-refractivity contribution >= 4 is 17.5 Å². The fourth-order valence-electron chi connectivity index (χ4n) is 2.90. The van der Waals surface area contributed by atoms with Crippen LogP contribution in [-0.4, -0.2) is 32.8 Å². The van der Waals surface area contributed by atoms with Crippen molar-refractivity contribution in [3.05, 3.63) is 53.6 Å². The second kappa shape index (κ2) is 7.35. The van der Waals surface area contributed by atoms with E-state index < -0.39 is 0 Å². The summed E-state index contributed by atoms with van der Waals surface area (Å²) in [5, 5.41) is 0. The van der Waals surface area contributed by atoms with Gasteiger partial charge in [0.05, 0.1) is 6.10 Å². The number of allylic oxidation sites excluding steroid dienone is 1. The van der Waals surface area contributed by atoms with Crippen LogP contribution in [0.1, 0.15) is 24.0 Å². The van der Waals surface area contributed by atoms with Crippen LogP contribution in [0.15, 0.2) is 42.5 Å². The Morgan fingerprint density at radius 3 is 2.74 bits per heavy atom. The van der Waals surface area contributed by atoms with Crippen LogP contribution in [0.4, 0.5) is 5.69 Å². The summed E-state index contributed by atoms with van der Waals surface area (Å²) in [6.45, 7) is 0.235. The second-order valence-electron chi connectivity index (χ2n) is 7.10. The van der Waals surface area contributed by atoms with Gasteiger partial charge in [-0.05, 0) is 54.8 Å². The van der Waals surface area contributed by atoms with Crippen molar-refractivity contribution in [1.29, 1.82) is 0 Å². The third-order valence-corrected chi connectivity index (χ3v) is 4.60. The first-order chi connectivity index (χ1) is 13.1. The molecule has 0 N–H and O–H groups in total. The Labute approximate surface area is 159 Å². The molecule has 140 valence electrons. The first-order valence-corrected chi connectivity index (χ1v) is 9.16. The molecule has 27 heavy (non-hydrogen) atoms. The molecule has 0 spiro atoms. The number of ether oxygens (including phenoxy) is 3. The normalized spacial score (nSPS) is 15.2. The average Bonchev–Trinajstić information content (AvgIpc) is 3.34. The zero-order valence-corrected chi connectivity index (χ0v) is 15.6. The monoisotopic (exact) mass is 365 g/mol. The molecule has 1 heterocycles. The molecule has 0 unspecified atom stereocenters. The molecule has 2 aliphatic rings. The van der Waals surface area contributed by atoms with E-state index in [0.717, 1.165) is 41.2 Å². The lowest BCUT2D eigenvalue weighted by Gasteiger charge is -2.16. The first kappa shape index (κ1) is 17.5. The molecule has 1 fully saturated rings. The summed E-state index contributed by atoms with van der Waals surface area (Å²) in [6, 6.07) is 11.7. The number of hydrogen-bond donors (Lipinski definition) is 0. The summed E-state index contributed by atoms with van der Waals surface area (Å²) in [6.07, 6.45) is 6.28. The van der Waals surface area contributed by atoms with E-state index in [1.165, 1.54) is 0 Å². The van der Waals surface area contributed by atoms with Gasteiger partial charge in [0.1, 0.15) is 5.75 Å². The van der Waals surface area contributed by atoms with Gasteiger partial charge in [-0.25, -0.2) is 0 Å².